The Hall–Kier alpha value is -1.65. The highest BCUT2D eigenvalue weighted by Crippen LogP contribution is 2.25. The first-order chi connectivity index (χ1) is 9.54. The van der Waals surface area contributed by atoms with Crippen LogP contribution in [0.25, 0.3) is 0 Å². The molecule has 2 N–H and O–H groups in total. The van der Waals surface area contributed by atoms with Crippen LogP contribution in [0.4, 0.5) is 5.69 Å². The molecule has 0 heterocycles. The summed E-state index contributed by atoms with van der Waals surface area (Å²) in [6.07, 6.45) is 0. The standard InChI is InChI=1S/C15H14ClNO2S/c1-10-2-7-13(14(18)8-10)17-15(19)9-20-12-5-3-11(16)4-6-12/h2-8,18H,9H2,1H3,(H,17,19). The average Bonchev–Trinajstić information content (AvgIpc) is 2.41. The second-order valence-electron chi connectivity index (χ2n) is 4.31. The van der Waals surface area contributed by atoms with Gasteiger partial charge in [-0.15, -0.1) is 11.8 Å². The first-order valence-electron chi connectivity index (χ1n) is 6.02. The summed E-state index contributed by atoms with van der Waals surface area (Å²) in [6, 6.07) is 12.4. The zero-order chi connectivity index (χ0) is 14.5. The number of aryl methyl sites for hydroxylation is 1. The molecule has 0 atom stereocenters. The Bertz CT molecular complexity index is 614. The average molecular weight is 308 g/mol. The first-order valence-corrected chi connectivity index (χ1v) is 7.39. The maximum atomic E-state index is 11.8. The Kier molecular flexibility index (Phi) is 4.93. The van der Waals surface area contributed by atoms with E-state index >= 15 is 0 Å². The highest BCUT2D eigenvalue weighted by molar-refractivity contribution is 8.00. The number of hydrogen-bond acceptors (Lipinski definition) is 3. The molecular weight excluding hydrogens is 294 g/mol. The van der Waals surface area contributed by atoms with Crippen LogP contribution >= 0.6 is 23.4 Å². The van der Waals surface area contributed by atoms with Crippen LogP contribution in [0.2, 0.25) is 5.02 Å². The van der Waals surface area contributed by atoms with Gasteiger partial charge in [-0.05, 0) is 48.9 Å². The second kappa shape index (κ2) is 6.68. The topological polar surface area (TPSA) is 49.3 Å². The second-order valence-corrected chi connectivity index (χ2v) is 5.80. The Morgan fingerprint density at radius 2 is 1.95 bits per heavy atom. The number of rotatable bonds is 4. The molecule has 104 valence electrons. The summed E-state index contributed by atoms with van der Waals surface area (Å²) in [4.78, 5) is 12.8. The maximum Gasteiger partial charge on any atom is 0.234 e. The number of halogens is 1. The molecule has 0 radical (unpaired) electrons. The molecule has 0 aliphatic heterocycles. The summed E-state index contributed by atoms with van der Waals surface area (Å²) in [7, 11) is 0. The number of nitrogens with one attached hydrogen (secondary N) is 1. The number of anilines is 1. The number of thioether (sulfide) groups is 1. The molecule has 0 bridgehead atoms. The zero-order valence-electron chi connectivity index (χ0n) is 10.9. The predicted octanol–water partition coefficient (Wildman–Crippen LogP) is 4.08. The highest BCUT2D eigenvalue weighted by atomic mass is 35.5. The van der Waals surface area contributed by atoms with Crippen LogP contribution in [-0.4, -0.2) is 16.8 Å². The minimum atomic E-state index is -0.163. The zero-order valence-corrected chi connectivity index (χ0v) is 12.5. The van der Waals surface area contributed by atoms with Gasteiger partial charge in [0.05, 0.1) is 11.4 Å². The van der Waals surface area contributed by atoms with Gasteiger partial charge in [-0.25, -0.2) is 0 Å². The van der Waals surface area contributed by atoms with Gasteiger partial charge >= 0.3 is 0 Å². The molecule has 1 amide bonds. The van der Waals surface area contributed by atoms with Crippen molar-refractivity contribution in [1.29, 1.82) is 0 Å². The molecule has 20 heavy (non-hydrogen) atoms. The summed E-state index contributed by atoms with van der Waals surface area (Å²) in [5, 5.41) is 13.1. The number of amides is 1. The summed E-state index contributed by atoms with van der Waals surface area (Å²) < 4.78 is 0. The van der Waals surface area contributed by atoms with E-state index in [1.807, 2.05) is 25.1 Å². The van der Waals surface area contributed by atoms with Crippen molar-refractivity contribution in [3.05, 3.63) is 53.1 Å². The molecule has 5 heteroatoms. The van der Waals surface area contributed by atoms with Crippen LogP contribution in [0, 0.1) is 6.92 Å². The lowest BCUT2D eigenvalue weighted by molar-refractivity contribution is -0.113. The van der Waals surface area contributed by atoms with Gasteiger partial charge in [-0.2, -0.15) is 0 Å². The SMILES string of the molecule is Cc1ccc(NC(=O)CSc2ccc(Cl)cc2)c(O)c1. The Labute approximate surface area is 127 Å². The van der Waals surface area contributed by atoms with E-state index in [9.17, 15) is 9.90 Å². The fraction of sp³-hybridized carbons (Fsp3) is 0.133. The molecule has 0 aliphatic carbocycles. The van der Waals surface area contributed by atoms with Crippen LogP contribution in [0.1, 0.15) is 5.56 Å². The molecule has 2 aromatic rings. The monoisotopic (exact) mass is 307 g/mol. The third kappa shape index (κ3) is 4.18. The van der Waals surface area contributed by atoms with Crippen LogP contribution in [0.5, 0.6) is 5.75 Å². The Morgan fingerprint density at radius 1 is 1.25 bits per heavy atom. The van der Waals surface area contributed by atoms with E-state index < -0.39 is 0 Å². The van der Waals surface area contributed by atoms with Crippen molar-refractivity contribution in [3.63, 3.8) is 0 Å². The Balaban J connectivity index is 1.90. The lowest BCUT2D eigenvalue weighted by Crippen LogP contribution is -2.14. The third-order valence-electron chi connectivity index (χ3n) is 2.61. The van der Waals surface area contributed by atoms with Crippen LogP contribution in [0.15, 0.2) is 47.4 Å². The number of carbonyl (C=O) groups is 1. The molecule has 0 aromatic heterocycles. The fourth-order valence-electron chi connectivity index (χ4n) is 1.61. The number of phenols is 1. The van der Waals surface area contributed by atoms with Gasteiger partial charge in [0.2, 0.25) is 5.91 Å². The minimum absolute atomic E-state index is 0.0786. The van der Waals surface area contributed by atoms with Crippen molar-refractivity contribution < 1.29 is 9.90 Å². The molecule has 2 rings (SSSR count). The highest BCUT2D eigenvalue weighted by Gasteiger charge is 2.07. The van der Waals surface area contributed by atoms with Crippen molar-refractivity contribution in [2.45, 2.75) is 11.8 Å². The van der Waals surface area contributed by atoms with E-state index in [4.69, 9.17) is 11.6 Å². The van der Waals surface area contributed by atoms with Crippen molar-refractivity contribution in [2.75, 3.05) is 11.1 Å². The van der Waals surface area contributed by atoms with Gasteiger partial charge < -0.3 is 10.4 Å². The van der Waals surface area contributed by atoms with Crippen molar-refractivity contribution >= 4 is 35.0 Å². The summed E-state index contributed by atoms with van der Waals surface area (Å²) in [5.41, 5.74) is 1.37. The molecule has 0 saturated carbocycles. The molecule has 0 aliphatic rings. The number of phenolic OH excluding ortho intramolecular Hbond substituents is 1. The van der Waals surface area contributed by atoms with E-state index in [0.717, 1.165) is 10.5 Å². The van der Waals surface area contributed by atoms with Crippen LogP contribution < -0.4 is 5.32 Å². The van der Waals surface area contributed by atoms with E-state index in [2.05, 4.69) is 5.32 Å². The summed E-state index contributed by atoms with van der Waals surface area (Å²) in [6.45, 7) is 1.88. The Morgan fingerprint density at radius 3 is 2.60 bits per heavy atom. The number of carbonyl (C=O) groups excluding carboxylic acids is 1. The molecule has 0 unspecified atom stereocenters. The van der Waals surface area contributed by atoms with Crippen molar-refractivity contribution in [1.82, 2.24) is 0 Å². The smallest absolute Gasteiger partial charge is 0.234 e. The van der Waals surface area contributed by atoms with Gasteiger partial charge in [-0.1, -0.05) is 17.7 Å². The molecule has 0 spiro atoms. The van der Waals surface area contributed by atoms with Crippen LogP contribution in [-0.2, 0) is 4.79 Å². The molecule has 0 fully saturated rings. The fourth-order valence-corrected chi connectivity index (χ4v) is 2.44. The third-order valence-corrected chi connectivity index (χ3v) is 3.87. The van der Waals surface area contributed by atoms with Gasteiger partial charge in [0.15, 0.2) is 0 Å². The van der Waals surface area contributed by atoms with Gasteiger partial charge in [0.25, 0.3) is 0 Å². The minimum Gasteiger partial charge on any atom is -0.506 e. The molecule has 0 saturated heterocycles. The van der Waals surface area contributed by atoms with E-state index in [0.29, 0.717) is 10.7 Å². The first kappa shape index (κ1) is 14.8. The lowest BCUT2D eigenvalue weighted by Gasteiger charge is -2.08. The number of hydrogen-bond donors (Lipinski definition) is 2. The van der Waals surface area contributed by atoms with Gasteiger partial charge in [0.1, 0.15) is 5.75 Å². The summed E-state index contributed by atoms with van der Waals surface area (Å²) in [5.74, 6) is 0.188. The maximum absolute atomic E-state index is 11.8. The van der Waals surface area contributed by atoms with E-state index in [-0.39, 0.29) is 17.4 Å². The van der Waals surface area contributed by atoms with E-state index in [1.165, 1.54) is 11.8 Å². The lowest BCUT2D eigenvalue weighted by atomic mass is 10.2. The van der Waals surface area contributed by atoms with Crippen molar-refractivity contribution in [2.24, 2.45) is 0 Å². The van der Waals surface area contributed by atoms with Gasteiger partial charge in [-0.3, -0.25) is 4.79 Å². The quantitative estimate of drug-likeness (QED) is 0.661. The number of aromatic hydroxyl groups is 1. The van der Waals surface area contributed by atoms with Crippen molar-refractivity contribution in [3.8, 4) is 5.75 Å². The van der Waals surface area contributed by atoms with Gasteiger partial charge in [0, 0.05) is 9.92 Å². The normalized spacial score (nSPS) is 10.3. The molecule has 2 aromatic carbocycles. The van der Waals surface area contributed by atoms with E-state index in [1.54, 1.807) is 24.3 Å². The molecule has 3 nitrogen and oxygen atoms in total. The molecular formula is C15H14ClNO2S. The predicted molar refractivity (Wildman–Crippen MR) is 83.6 cm³/mol. The number of benzene rings is 2. The largest absolute Gasteiger partial charge is 0.506 e. The van der Waals surface area contributed by atoms with Crippen LogP contribution in [0.3, 0.4) is 0 Å². The summed E-state index contributed by atoms with van der Waals surface area (Å²) >= 11 is 7.21.